The maximum absolute atomic E-state index is 12.1. The Morgan fingerprint density at radius 3 is 2.54 bits per heavy atom. The highest BCUT2D eigenvalue weighted by Gasteiger charge is 2.36. The van der Waals surface area contributed by atoms with E-state index < -0.39 is 18.3 Å². The highest BCUT2D eigenvalue weighted by atomic mass is 35.5. The predicted molar refractivity (Wildman–Crippen MR) is 87.5 cm³/mol. The van der Waals surface area contributed by atoms with E-state index >= 15 is 0 Å². The van der Waals surface area contributed by atoms with Crippen molar-refractivity contribution in [3.8, 4) is 5.88 Å². The summed E-state index contributed by atoms with van der Waals surface area (Å²) in [4.78, 5) is 15.8. The van der Waals surface area contributed by atoms with Crippen molar-refractivity contribution < 1.29 is 22.7 Å². The fraction of sp³-hybridized carbons (Fsp3) is 0.571. The maximum atomic E-state index is 12.1. The zero-order valence-corrected chi connectivity index (χ0v) is 14.4. The summed E-state index contributed by atoms with van der Waals surface area (Å²) in [6.07, 6.45) is 0.0642. The lowest BCUT2D eigenvalue weighted by molar-refractivity contribution is -0.154. The molecule has 1 heterocycles. The number of alkyl halides is 3. The maximum Gasteiger partial charge on any atom is 0.422 e. The Morgan fingerprint density at radius 2 is 1.96 bits per heavy atom. The van der Waals surface area contributed by atoms with Crippen molar-refractivity contribution in [2.75, 3.05) is 6.61 Å². The lowest BCUT2D eigenvalue weighted by Crippen LogP contribution is -2.51. The van der Waals surface area contributed by atoms with Gasteiger partial charge in [-0.1, -0.05) is 12.8 Å². The molecule has 3 N–H and O–H groups in total. The lowest BCUT2D eigenvalue weighted by Gasteiger charge is -2.22. The van der Waals surface area contributed by atoms with E-state index in [0.717, 1.165) is 12.8 Å². The Balaban J connectivity index is 0.00000264. The number of ether oxygens (including phenoxy) is 1. The standard InChI is InChI=1S/C14H18F3N3O2.2ClH/c15-14(16,17)9-22-11-7-10(3-6-19-11)8-20-12(21)13(18)4-1-2-5-13;;/h3,6-7H,1-2,4-5,8-9,18H2,(H,20,21);2*1H. The van der Waals surface area contributed by atoms with Gasteiger partial charge in [0.05, 0.1) is 5.54 Å². The van der Waals surface area contributed by atoms with E-state index in [2.05, 4.69) is 15.0 Å². The zero-order chi connectivity index (χ0) is 16.2. The Bertz CT molecular complexity index is 538. The normalized spacial score (nSPS) is 15.8. The molecule has 10 heteroatoms. The molecule has 0 aromatic carbocycles. The largest absolute Gasteiger partial charge is 0.468 e. The van der Waals surface area contributed by atoms with Gasteiger partial charge in [0.15, 0.2) is 6.61 Å². The molecule has 0 bridgehead atoms. The van der Waals surface area contributed by atoms with Gasteiger partial charge in [-0.25, -0.2) is 4.98 Å². The van der Waals surface area contributed by atoms with Crippen LogP contribution in [-0.2, 0) is 11.3 Å². The second-order valence-electron chi connectivity index (χ2n) is 5.45. The SMILES string of the molecule is Cl.Cl.NC1(C(=O)NCc2ccnc(OCC(F)(F)F)c2)CCCC1. The Morgan fingerprint density at radius 1 is 1.33 bits per heavy atom. The number of nitrogens with two attached hydrogens (primary N) is 1. The smallest absolute Gasteiger partial charge is 0.422 e. The molecule has 5 nitrogen and oxygen atoms in total. The number of hydrogen-bond acceptors (Lipinski definition) is 4. The molecule has 0 aliphatic heterocycles. The monoisotopic (exact) mass is 389 g/mol. The molecule has 24 heavy (non-hydrogen) atoms. The summed E-state index contributed by atoms with van der Waals surface area (Å²) < 4.78 is 40.8. The second-order valence-corrected chi connectivity index (χ2v) is 5.45. The average Bonchev–Trinajstić information content (AvgIpc) is 2.90. The quantitative estimate of drug-likeness (QED) is 0.811. The van der Waals surface area contributed by atoms with Gasteiger partial charge in [0.1, 0.15) is 0 Å². The van der Waals surface area contributed by atoms with Gasteiger partial charge < -0.3 is 15.8 Å². The van der Waals surface area contributed by atoms with E-state index in [-0.39, 0.29) is 43.1 Å². The fourth-order valence-electron chi connectivity index (χ4n) is 2.39. The highest BCUT2D eigenvalue weighted by molar-refractivity contribution is 5.86. The topological polar surface area (TPSA) is 77.2 Å². The third-order valence-electron chi connectivity index (χ3n) is 3.58. The van der Waals surface area contributed by atoms with Crippen LogP contribution >= 0.6 is 24.8 Å². The van der Waals surface area contributed by atoms with Crippen LogP contribution in [0, 0.1) is 0 Å². The second kappa shape index (κ2) is 9.29. The molecule has 2 rings (SSSR count). The summed E-state index contributed by atoms with van der Waals surface area (Å²) in [5, 5.41) is 2.71. The van der Waals surface area contributed by atoms with Crippen LogP contribution in [-0.4, -0.2) is 29.2 Å². The van der Waals surface area contributed by atoms with Crippen LogP contribution in [0.4, 0.5) is 13.2 Å². The molecule has 138 valence electrons. The summed E-state index contributed by atoms with van der Waals surface area (Å²) in [6, 6.07) is 2.96. The van der Waals surface area contributed by atoms with Crippen LogP contribution in [0.5, 0.6) is 5.88 Å². The first-order chi connectivity index (χ1) is 10.3. The average molecular weight is 390 g/mol. The minimum atomic E-state index is -4.42. The minimum Gasteiger partial charge on any atom is -0.468 e. The molecule has 1 aromatic heterocycles. The number of hydrogen-bond donors (Lipinski definition) is 2. The molecule has 1 saturated carbocycles. The van der Waals surface area contributed by atoms with E-state index in [1.165, 1.54) is 12.3 Å². The number of amides is 1. The van der Waals surface area contributed by atoms with Gasteiger partial charge in [0, 0.05) is 18.8 Å². The number of nitrogens with zero attached hydrogens (tertiary/aromatic N) is 1. The van der Waals surface area contributed by atoms with E-state index in [9.17, 15) is 18.0 Å². The molecule has 0 saturated heterocycles. The summed E-state index contributed by atoms with van der Waals surface area (Å²) in [5.74, 6) is -0.369. The predicted octanol–water partition coefficient (Wildman–Crippen LogP) is 2.75. The van der Waals surface area contributed by atoms with Crippen molar-refractivity contribution in [1.82, 2.24) is 10.3 Å². The van der Waals surface area contributed by atoms with E-state index in [4.69, 9.17) is 5.73 Å². The van der Waals surface area contributed by atoms with Gasteiger partial charge in [0.25, 0.3) is 0 Å². The van der Waals surface area contributed by atoms with Gasteiger partial charge in [-0.3, -0.25) is 4.79 Å². The third kappa shape index (κ3) is 6.70. The molecule has 1 aromatic rings. The van der Waals surface area contributed by atoms with Crippen molar-refractivity contribution in [1.29, 1.82) is 0 Å². The number of halogens is 5. The van der Waals surface area contributed by atoms with Crippen LogP contribution in [0.3, 0.4) is 0 Å². The van der Waals surface area contributed by atoms with E-state index in [1.54, 1.807) is 6.07 Å². The highest BCUT2D eigenvalue weighted by Crippen LogP contribution is 2.27. The Kier molecular flexibility index (Phi) is 8.81. The summed E-state index contributed by atoms with van der Waals surface area (Å²) in [7, 11) is 0. The van der Waals surface area contributed by atoms with Crippen LogP contribution in [0.25, 0.3) is 0 Å². The third-order valence-corrected chi connectivity index (χ3v) is 3.58. The van der Waals surface area contributed by atoms with Gasteiger partial charge in [-0.05, 0) is 24.5 Å². The first kappa shape index (κ1) is 22.8. The van der Waals surface area contributed by atoms with Crippen molar-refractivity contribution in [2.24, 2.45) is 5.73 Å². The first-order valence-corrected chi connectivity index (χ1v) is 7.00. The van der Waals surface area contributed by atoms with Crippen LogP contribution in [0.2, 0.25) is 0 Å². The number of aromatic nitrogens is 1. The van der Waals surface area contributed by atoms with Gasteiger partial charge >= 0.3 is 6.18 Å². The Labute approximate surface area is 150 Å². The number of carbonyl (C=O) groups is 1. The summed E-state index contributed by atoms with van der Waals surface area (Å²) in [6.45, 7) is -1.23. The van der Waals surface area contributed by atoms with Crippen LogP contribution < -0.4 is 15.8 Å². The van der Waals surface area contributed by atoms with Gasteiger partial charge in [0.2, 0.25) is 11.8 Å². The number of pyridine rings is 1. The molecule has 0 radical (unpaired) electrons. The molecule has 1 amide bonds. The molecule has 1 fully saturated rings. The zero-order valence-electron chi connectivity index (χ0n) is 12.8. The number of rotatable bonds is 5. The molecule has 1 aliphatic rings. The van der Waals surface area contributed by atoms with Crippen molar-refractivity contribution in [3.63, 3.8) is 0 Å². The summed E-state index contributed by atoms with van der Waals surface area (Å²) in [5.41, 5.74) is 5.79. The van der Waals surface area contributed by atoms with Crippen molar-refractivity contribution >= 4 is 30.7 Å². The number of nitrogens with one attached hydrogen (secondary N) is 1. The molecule has 0 unspecified atom stereocenters. The fourth-order valence-corrected chi connectivity index (χ4v) is 2.39. The van der Waals surface area contributed by atoms with E-state index in [0.29, 0.717) is 18.4 Å². The van der Waals surface area contributed by atoms with Gasteiger partial charge in [-0.2, -0.15) is 13.2 Å². The summed E-state index contributed by atoms with van der Waals surface area (Å²) >= 11 is 0. The van der Waals surface area contributed by atoms with Crippen molar-refractivity contribution in [2.45, 2.75) is 43.9 Å². The molecular weight excluding hydrogens is 370 g/mol. The van der Waals surface area contributed by atoms with Crippen LogP contribution in [0.1, 0.15) is 31.2 Å². The minimum absolute atomic E-state index is 0. The lowest BCUT2D eigenvalue weighted by atomic mass is 9.98. The molecular formula is C14H20Cl2F3N3O2. The van der Waals surface area contributed by atoms with Crippen LogP contribution in [0.15, 0.2) is 18.3 Å². The van der Waals surface area contributed by atoms with Gasteiger partial charge in [-0.15, -0.1) is 24.8 Å². The molecule has 1 aliphatic carbocycles. The number of carbonyl (C=O) groups excluding carboxylic acids is 1. The van der Waals surface area contributed by atoms with Crippen molar-refractivity contribution in [3.05, 3.63) is 23.9 Å². The molecule has 0 spiro atoms. The first-order valence-electron chi connectivity index (χ1n) is 7.00. The van der Waals surface area contributed by atoms with E-state index in [1.807, 2.05) is 0 Å². The Hall–Kier alpha value is -1.25. The molecule has 0 atom stereocenters.